The van der Waals surface area contributed by atoms with Gasteiger partial charge >= 0.3 is 6.01 Å². The van der Waals surface area contributed by atoms with Crippen LogP contribution in [0.15, 0.2) is 60.9 Å². The first-order chi connectivity index (χ1) is 12.1. The van der Waals surface area contributed by atoms with Crippen molar-refractivity contribution in [3.63, 3.8) is 0 Å². The van der Waals surface area contributed by atoms with Gasteiger partial charge in [-0.2, -0.15) is 0 Å². The number of rotatable bonds is 6. The Hall–Kier alpha value is -3.41. The maximum Gasteiger partial charge on any atom is 0.321 e. The van der Waals surface area contributed by atoms with Crippen LogP contribution in [-0.4, -0.2) is 23.0 Å². The second-order valence-electron chi connectivity index (χ2n) is 5.37. The number of hydrogen-bond acceptors (Lipinski definition) is 5. The van der Waals surface area contributed by atoms with Crippen LogP contribution in [0.5, 0.6) is 17.5 Å². The quantitative estimate of drug-likeness (QED) is 0.748. The fraction of sp³-hybridized carbons (Fsp3) is 0.105. The summed E-state index contributed by atoms with van der Waals surface area (Å²) in [4.78, 5) is 19.3. The Morgan fingerprint density at radius 2 is 1.52 bits per heavy atom. The van der Waals surface area contributed by atoms with E-state index in [1.165, 1.54) is 0 Å². The van der Waals surface area contributed by atoms with E-state index in [2.05, 4.69) is 9.97 Å². The average molecular weight is 335 g/mol. The van der Waals surface area contributed by atoms with Crippen LogP contribution in [0.4, 0.5) is 0 Å². The molecule has 3 rings (SSSR count). The van der Waals surface area contributed by atoms with E-state index in [1.807, 2.05) is 24.3 Å². The van der Waals surface area contributed by atoms with Gasteiger partial charge < -0.3 is 15.2 Å². The van der Waals surface area contributed by atoms with Gasteiger partial charge in [0.05, 0.1) is 13.5 Å². The molecule has 1 heterocycles. The molecular formula is C19H17N3O3. The maximum atomic E-state index is 10.9. The number of primary amides is 1. The van der Waals surface area contributed by atoms with E-state index >= 15 is 0 Å². The van der Waals surface area contributed by atoms with Gasteiger partial charge in [-0.3, -0.25) is 4.79 Å². The van der Waals surface area contributed by atoms with E-state index in [9.17, 15) is 4.79 Å². The zero-order valence-corrected chi connectivity index (χ0v) is 13.7. The van der Waals surface area contributed by atoms with Crippen molar-refractivity contribution in [2.45, 2.75) is 6.42 Å². The Labute approximate surface area is 145 Å². The van der Waals surface area contributed by atoms with Gasteiger partial charge in [0.25, 0.3) is 0 Å². The summed E-state index contributed by atoms with van der Waals surface area (Å²) in [5, 5.41) is 0. The van der Waals surface area contributed by atoms with Crippen molar-refractivity contribution in [3.8, 4) is 28.6 Å². The van der Waals surface area contributed by atoms with Gasteiger partial charge in [-0.15, -0.1) is 0 Å². The molecule has 1 amide bonds. The number of aromatic nitrogens is 2. The van der Waals surface area contributed by atoms with Gasteiger partial charge in [-0.25, -0.2) is 9.97 Å². The first-order valence-corrected chi connectivity index (χ1v) is 7.65. The van der Waals surface area contributed by atoms with Crippen molar-refractivity contribution < 1.29 is 14.3 Å². The Bertz CT molecular complexity index is 845. The summed E-state index contributed by atoms with van der Waals surface area (Å²) in [5.74, 6) is 1.01. The molecule has 0 bridgehead atoms. The van der Waals surface area contributed by atoms with Crippen LogP contribution in [0.2, 0.25) is 0 Å². The number of carbonyl (C=O) groups excluding carboxylic acids is 1. The van der Waals surface area contributed by atoms with Gasteiger partial charge in [0, 0.05) is 18.0 Å². The Kier molecular flexibility index (Phi) is 4.89. The molecule has 0 saturated heterocycles. The van der Waals surface area contributed by atoms with E-state index < -0.39 is 0 Å². The average Bonchev–Trinajstić information content (AvgIpc) is 2.64. The van der Waals surface area contributed by atoms with Crippen molar-refractivity contribution in [1.29, 1.82) is 0 Å². The first kappa shape index (κ1) is 16.4. The van der Waals surface area contributed by atoms with Crippen LogP contribution in [0.3, 0.4) is 0 Å². The minimum atomic E-state index is -0.369. The smallest absolute Gasteiger partial charge is 0.321 e. The molecule has 0 aliphatic heterocycles. The Balaban J connectivity index is 1.68. The monoisotopic (exact) mass is 335 g/mol. The standard InChI is InChI=1S/C19H17N3O3/c1-24-16-8-4-14(5-9-16)15-11-21-19(22-12-15)25-17-6-2-13(3-7-17)10-18(20)23/h2-9,11-12H,10H2,1H3,(H2,20,23). The molecule has 0 aliphatic rings. The van der Waals surface area contributed by atoms with Crippen molar-refractivity contribution in [2.24, 2.45) is 5.73 Å². The molecule has 0 aliphatic carbocycles. The normalized spacial score (nSPS) is 10.3. The van der Waals surface area contributed by atoms with Gasteiger partial charge in [0.15, 0.2) is 0 Å². The highest BCUT2D eigenvalue weighted by atomic mass is 16.5. The number of benzene rings is 2. The SMILES string of the molecule is COc1ccc(-c2cnc(Oc3ccc(CC(N)=O)cc3)nc2)cc1. The highest BCUT2D eigenvalue weighted by Crippen LogP contribution is 2.23. The molecule has 0 saturated carbocycles. The first-order valence-electron chi connectivity index (χ1n) is 7.65. The van der Waals surface area contributed by atoms with Crippen molar-refractivity contribution in [3.05, 3.63) is 66.5 Å². The van der Waals surface area contributed by atoms with E-state index in [1.54, 1.807) is 43.8 Å². The lowest BCUT2D eigenvalue weighted by Gasteiger charge is -2.06. The summed E-state index contributed by atoms with van der Waals surface area (Å²) in [5.41, 5.74) is 7.87. The lowest BCUT2D eigenvalue weighted by atomic mass is 10.1. The summed E-state index contributed by atoms with van der Waals surface area (Å²) in [6.07, 6.45) is 3.60. The molecule has 6 heteroatoms. The molecule has 0 unspecified atom stereocenters. The van der Waals surface area contributed by atoms with E-state index in [0.717, 1.165) is 22.4 Å². The van der Waals surface area contributed by atoms with E-state index in [0.29, 0.717) is 5.75 Å². The van der Waals surface area contributed by atoms with Gasteiger partial charge in [0.2, 0.25) is 5.91 Å². The fourth-order valence-electron chi connectivity index (χ4n) is 2.28. The van der Waals surface area contributed by atoms with E-state index in [-0.39, 0.29) is 18.3 Å². The lowest BCUT2D eigenvalue weighted by Crippen LogP contribution is -2.13. The predicted octanol–water partition coefficient (Wildman–Crippen LogP) is 2.97. The molecule has 2 aromatic carbocycles. The highest BCUT2D eigenvalue weighted by molar-refractivity contribution is 5.76. The summed E-state index contributed by atoms with van der Waals surface area (Å²) in [7, 11) is 1.63. The van der Waals surface area contributed by atoms with Crippen LogP contribution in [-0.2, 0) is 11.2 Å². The van der Waals surface area contributed by atoms with Crippen molar-refractivity contribution in [2.75, 3.05) is 7.11 Å². The topological polar surface area (TPSA) is 87.3 Å². The largest absolute Gasteiger partial charge is 0.497 e. The molecule has 126 valence electrons. The van der Waals surface area contributed by atoms with Crippen LogP contribution >= 0.6 is 0 Å². The number of methoxy groups -OCH3 is 1. The summed E-state index contributed by atoms with van der Waals surface area (Å²) in [6.45, 7) is 0. The Morgan fingerprint density at radius 3 is 2.08 bits per heavy atom. The number of nitrogens with zero attached hydrogens (tertiary/aromatic N) is 2. The molecule has 0 fully saturated rings. The van der Waals surface area contributed by atoms with Crippen LogP contribution in [0.1, 0.15) is 5.56 Å². The molecular weight excluding hydrogens is 318 g/mol. The van der Waals surface area contributed by atoms with E-state index in [4.69, 9.17) is 15.2 Å². The predicted molar refractivity (Wildman–Crippen MR) is 93.4 cm³/mol. The van der Waals surface area contributed by atoms with Crippen LogP contribution < -0.4 is 15.2 Å². The molecule has 0 spiro atoms. The zero-order chi connectivity index (χ0) is 17.6. The summed E-state index contributed by atoms with van der Waals surface area (Å²) < 4.78 is 10.8. The van der Waals surface area contributed by atoms with Gasteiger partial charge in [-0.05, 0) is 35.4 Å². The van der Waals surface area contributed by atoms with Crippen LogP contribution in [0, 0.1) is 0 Å². The number of hydrogen-bond donors (Lipinski definition) is 1. The van der Waals surface area contributed by atoms with Crippen molar-refractivity contribution >= 4 is 5.91 Å². The summed E-state index contributed by atoms with van der Waals surface area (Å²) >= 11 is 0. The minimum absolute atomic E-state index is 0.202. The summed E-state index contributed by atoms with van der Waals surface area (Å²) in [6, 6.07) is 15.0. The molecule has 3 aromatic rings. The Morgan fingerprint density at radius 1 is 0.920 bits per heavy atom. The molecule has 6 nitrogen and oxygen atoms in total. The fourth-order valence-corrected chi connectivity index (χ4v) is 2.28. The highest BCUT2D eigenvalue weighted by Gasteiger charge is 2.04. The molecule has 0 atom stereocenters. The number of ether oxygens (including phenoxy) is 2. The molecule has 0 radical (unpaired) electrons. The maximum absolute atomic E-state index is 10.9. The lowest BCUT2D eigenvalue weighted by molar-refractivity contribution is -0.117. The number of nitrogens with two attached hydrogens (primary N) is 1. The molecule has 25 heavy (non-hydrogen) atoms. The zero-order valence-electron chi connectivity index (χ0n) is 13.7. The number of amides is 1. The van der Waals surface area contributed by atoms with Gasteiger partial charge in [-0.1, -0.05) is 24.3 Å². The molecule has 2 N–H and O–H groups in total. The second-order valence-corrected chi connectivity index (χ2v) is 5.37. The minimum Gasteiger partial charge on any atom is -0.497 e. The number of carbonyl (C=O) groups is 1. The van der Waals surface area contributed by atoms with Gasteiger partial charge in [0.1, 0.15) is 11.5 Å². The van der Waals surface area contributed by atoms with Crippen molar-refractivity contribution in [1.82, 2.24) is 9.97 Å². The third kappa shape index (κ3) is 4.32. The molecule has 1 aromatic heterocycles. The second kappa shape index (κ2) is 7.44. The third-order valence-electron chi connectivity index (χ3n) is 3.56. The van der Waals surface area contributed by atoms with Crippen LogP contribution in [0.25, 0.3) is 11.1 Å². The third-order valence-corrected chi connectivity index (χ3v) is 3.56.